The fourth-order valence-electron chi connectivity index (χ4n) is 2.58. The van der Waals surface area contributed by atoms with Crippen LogP contribution in [0.1, 0.15) is 29.2 Å². The molecule has 0 radical (unpaired) electrons. The molecule has 0 aliphatic rings. The lowest BCUT2D eigenvalue weighted by atomic mass is 9.83. The normalized spacial score (nSPS) is 13.8. The van der Waals surface area contributed by atoms with Crippen LogP contribution < -0.4 is 10.5 Å². The van der Waals surface area contributed by atoms with E-state index in [9.17, 15) is 0 Å². The molecule has 2 rings (SSSR count). The molecule has 2 heteroatoms. The number of nitrogens with two attached hydrogens (primary N) is 1. The Kier molecular flexibility index (Phi) is 4.15. The summed E-state index contributed by atoms with van der Waals surface area (Å²) in [5.74, 6) is 0.848. The van der Waals surface area contributed by atoms with Gasteiger partial charge in [0.15, 0.2) is 0 Å². The van der Waals surface area contributed by atoms with Crippen molar-refractivity contribution in [1.82, 2.24) is 0 Å². The predicted octanol–water partition coefficient (Wildman–Crippen LogP) is 3.73. The molecule has 0 amide bonds. The minimum absolute atomic E-state index is 0.411. The van der Waals surface area contributed by atoms with Crippen LogP contribution in [-0.4, -0.2) is 7.11 Å². The third-order valence-electron chi connectivity index (χ3n) is 3.92. The summed E-state index contributed by atoms with van der Waals surface area (Å²) in [6, 6.07) is 14.4. The molecule has 1 unspecified atom stereocenters. The zero-order valence-corrected chi connectivity index (χ0v) is 12.7. The molecule has 0 bridgehead atoms. The first kappa shape index (κ1) is 14.6. The van der Waals surface area contributed by atoms with E-state index in [1.54, 1.807) is 7.11 Å². The van der Waals surface area contributed by atoms with E-state index in [0.29, 0.717) is 0 Å². The monoisotopic (exact) mass is 269 g/mol. The van der Waals surface area contributed by atoms with Gasteiger partial charge in [0, 0.05) is 5.54 Å². The maximum absolute atomic E-state index is 6.58. The van der Waals surface area contributed by atoms with Crippen LogP contribution in [0.5, 0.6) is 5.75 Å². The van der Waals surface area contributed by atoms with Crippen molar-refractivity contribution in [3.63, 3.8) is 0 Å². The Morgan fingerprint density at radius 1 is 1.05 bits per heavy atom. The molecule has 20 heavy (non-hydrogen) atoms. The Labute approximate surface area is 121 Å². The largest absolute Gasteiger partial charge is 0.497 e. The molecule has 2 aromatic rings. The number of benzene rings is 2. The van der Waals surface area contributed by atoms with Gasteiger partial charge in [-0.2, -0.15) is 0 Å². The molecule has 0 aliphatic heterocycles. The molecule has 0 spiro atoms. The van der Waals surface area contributed by atoms with Crippen molar-refractivity contribution in [2.24, 2.45) is 5.73 Å². The Bertz CT molecular complexity index is 582. The van der Waals surface area contributed by atoms with Crippen LogP contribution >= 0.6 is 0 Å². The van der Waals surface area contributed by atoms with E-state index in [2.05, 4.69) is 45.0 Å². The molecule has 0 heterocycles. The molecular formula is C18H23NO. The van der Waals surface area contributed by atoms with Crippen LogP contribution in [0.25, 0.3) is 0 Å². The fourth-order valence-corrected chi connectivity index (χ4v) is 2.58. The van der Waals surface area contributed by atoms with Crippen molar-refractivity contribution in [2.75, 3.05) is 7.11 Å². The zero-order valence-electron chi connectivity index (χ0n) is 12.7. The Morgan fingerprint density at radius 3 is 2.25 bits per heavy atom. The average Bonchev–Trinajstić information content (AvgIpc) is 2.43. The van der Waals surface area contributed by atoms with Crippen LogP contribution in [0.3, 0.4) is 0 Å². The first-order valence-electron chi connectivity index (χ1n) is 6.92. The minimum Gasteiger partial charge on any atom is -0.497 e. The molecule has 2 nitrogen and oxygen atoms in total. The summed E-state index contributed by atoms with van der Waals surface area (Å²) >= 11 is 0. The van der Waals surface area contributed by atoms with Gasteiger partial charge < -0.3 is 10.5 Å². The smallest absolute Gasteiger partial charge is 0.119 e. The molecule has 2 aromatic carbocycles. The van der Waals surface area contributed by atoms with E-state index in [1.165, 1.54) is 16.7 Å². The summed E-state index contributed by atoms with van der Waals surface area (Å²) in [6.45, 7) is 6.36. The Balaban J connectivity index is 2.35. The third-order valence-corrected chi connectivity index (χ3v) is 3.92. The van der Waals surface area contributed by atoms with Gasteiger partial charge in [-0.05, 0) is 61.6 Å². The van der Waals surface area contributed by atoms with Gasteiger partial charge in [-0.25, -0.2) is 0 Å². The topological polar surface area (TPSA) is 35.2 Å². The molecule has 1 atom stereocenters. The number of hydrogen-bond donors (Lipinski definition) is 1. The van der Waals surface area contributed by atoms with Crippen molar-refractivity contribution in [2.45, 2.75) is 32.7 Å². The third kappa shape index (κ3) is 3.02. The molecule has 0 saturated carbocycles. The zero-order chi connectivity index (χ0) is 14.8. The lowest BCUT2D eigenvalue weighted by molar-refractivity contribution is 0.410. The van der Waals surface area contributed by atoms with Gasteiger partial charge in [0.2, 0.25) is 0 Å². The number of methoxy groups -OCH3 is 1. The number of rotatable bonds is 4. The van der Waals surface area contributed by atoms with Crippen molar-refractivity contribution >= 4 is 0 Å². The highest BCUT2D eigenvalue weighted by atomic mass is 16.5. The second kappa shape index (κ2) is 5.68. The fraction of sp³-hybridized carbons (Fsp3) is 0.333. The average molecular weight is 269 g/mol. The lowest BCUT2D eigenvalue weighted by Crippen LogP contribution is -2.36. The van der Waals surface area contributed by atoms with Gasteiger partial charge >= 0.3 is 0 Å². The first-order valence-corrected chi connectivity index (χ1v) is 6.92. The molecular weight excluding hydrogens is 246 g/mol. The van der Waals surface area contributed by atoms with E-state index < -0.39 is 5.54 Å². The van der Waals surface area contributed by atoms with Crippen LogP contribution in [-0.2, 0) is 12.0 Å². The maximum Gasteiger partial charge on any atom is 0.119 e. The van der Waals surface area contributed by atoms with Gasteiger partial charge in [0.05, 0.1) is 7.11 Å². The van der Waals surface area contributed by atoms with Gasteiger partial charge in [-0.3, -0.25) is 0 Å². The summed E-state index contributed by atoms with van der Waals surface area (Å²) in [6.07, 6.45) is 0.818. The molecule has 2 N–H and O–H groups in total. The van der Waals surface area contributed by atoms with Crippen LogP contribution in [0.4, 0.5) is 0 Å². The second-order valence-corrected chi connectivity index (χ2v) is 5.70. The van der Waals surface area contributed by atoms with Crippen LogP contribution in [0.15, 0.2) is 42.5 Å². The van der Waals surface area contributed by atoms with E-state index in [-0.39, 0.29) is 0 Å². The highest BCUT2D eigenvalue weighted by Gasteiger charge is 2.23. The molecule has 0 aromatic heterocycles. The molecule has 0 aliphatic carbocycles. The molecule has 0 saturated heterocycles. The van der Waals surface area contributed by atoms with Crippen LogP contribution in [0, 0.1) is 13.8 Å². The van der Waals surface area contributed by atoms with E-state index >= 15 is 0 Å². The summed E-state index contributed by atoms with van der Waals surface area (Å²) in [5, 5.41) is 0. The van der Waals surface area contributed by atoms with Crippen molar-refractivity contribution in [1.29, 1.82) is 0 Å². The number of hydrogen-bond acceptors (Lipinski definition) is 2. The Hall–Kier alpha value is -1.80. The van der Waals surface area contributed by atoms with Crippen LogP contribution in [0.2, 0.25) is 0 Å². The van der Waals surface area contributed by atoms with E-state index in [0.717, 1.165) is 17.7 Å². The molecule has 0 fully saturated rings. The molecule has 106 valence electrons. The Morgan fingerprint density at radius 2 is 1.65 bits per heavy atom. The summed E-state index contributed by atoms with van der Waals surface area (Å²) < 4.78 is 5.29. The SMILES string of the molecule is COc1cccc(C(C)(N)Cc2c(C)cccc2C)c1. The van der Waals surface area contributed by atoms with Gasteiger partial charge in [0.25, 0.3) is 0 Å². The van der Waals surface area contributed by atoms with Gasteiger partial charge in [0.1, 0.15) is 5.75 Å². The van der Waals surface area contributed by atoms with Crippen molar-refractivity contribution < 1.29 is 4.74 Å². The first-order chi connectivity index (χ1) is 9.44. The summed E-state index contributed by atoms with van der Waals surface area (Å²) in [5.41, 5.74) is 11.2. The number of ether oxygens (including phenoxy) is 1. The van der Waals surface area contributed by atoms with Gasteiger partial charge in [-0.1, -0.05) is 30.3 Å². The summed E-state index contributed by atoms with van der Waals surface area (Å²) in [7, 11) is 1.68. The maximum atomic E-state index is 6.58. The van der Waals surface area contributed by atoms with Crippen molar-refractivity contribution in [3.8, 4) is 5.75 Å². The summed E-state index contributed by atoms with van der Waals surface area (Å²) in [4.78, 5) is 0. The predicted molar refractivity (Wildman–Crippen MR) is 84.2 cm³/mol. The second-order valence-electron chi connectivity index (χ2n) is 5.70. The standard InChI is InChI=1S/C18H23NO/c1-13-7-5-8-14(2)17(13)12-18(3,19)15-9-6-10-16(11-15)20-4/h5-11H,12,19H2,1-4H3. The van der Waals surface area contributed by atoms with Crippen molar-refractivity contribution in [3.05, 3.63) is 64.7 Å². The van der Waals surface area contributed by atoms with Gasteiger partial charge in [-0.15, -0.1) is 0 Å². The minimum atomic E-state index is -0.411. The quantitative estimate of drug-likeness (QED) is 0.918. The highest BCUT2D eigenvalue weighted by Crippen LogP contribution is 2.28. The number of aryl methyl sites for hydroxylation is 2. The lowest BCUT2D eigenvalue weighted by Gasteiger charge is -2.27. The highest BCUT2D eigenvalue weighted by molar-refractivity contribution is 5.39. The van der Waals surface area contributed by atoms with E-state index in [4.69, 9.17) is 10.5 Å². The van der Waals surface area contributed by atoms with E-state index in [1.807, 2.05) is 18.2 Å².